The molecular formula is C17H21NO2. The molecule has 3 N–H and O–H groups in total. The molecule has 0 saturated carbocycles. The molecule has 0 aliphatic carbocycles. The standard InChI is InChI=1S/C17H21NO2/c1-12(2)13-3-7-15(8-4-13)20-16-9-5-14(6-10-16)17(19)11-18/h3-10,12,17,19H,11,18H2,1-2H3. The molecule has 2 aromatic carbocycles. The molecular weight excluding hydrogens is 250 g/mol. The average molecular weight is 271 g/mol. The van der Waals surface area contributed by atoms with E-state index in [9.17, 15) is 5.11 Å². The Kier molecular flexibility index (Phi) is 4.77. The second kappa shape index (κ2) is 6.55. The van der Waals surface area contributed by atoms with Crippen molar-refractivity contribution in [3.8, 4) is 11.5 Å². The highest BCUT2D eigenvalue weighted by Gasteiger charge is 2.05. The van der Waals surface area contributed by atoms with E-state index in [4.69, 9.17) is 10.5 Å². The van der Waals surface area contributed by atoms with Gasteiger partial charge in [-0.15, -0.1) is 0 Å². The van der Waals surface area contributed by atoms with Crippen LogP contribution in [0.3, 0.4) is 0 Å². The number of aliphatic hydroxyl groups excluding tert-OH is 1. The summed E-state index contributed by atoms with van der Waals surface area (Å²) in [6.07, 6.45) is -0.616. The smallest absolute Gasteiger partial charge is 0.127 e. The highest BCUT2D eigenvalue weighted by molar-refractivity contribution is 5.35. The second-order valence-corrected chi connectivity index (χ2v) is 5.15. The van der Waals surface area contributed by atoms with Gasteiger partial charge >= 0.3 is 0 Å². The molecule has 1 atom stereocenters. The van der Waals surface area contributed by atoms with Crippen molar-refractivity contribution >= 4 is 0 Å². The number of aliphatic hydroxyl groups is 1. The molecule has 20 heavy (non-hydrogen) atoms. The first-order valence-corrected chi connectivity index (χ1v) is 6.86. The van der Waals surface area contributed by atoms with Crippen LogP contribution in [0.1, 0.15) is 37.0 Å². The van der Waals surface area contributed by atoms with Crippen LogP contribution >= 0.6 is 0 Å². The van der Waals surface area contributed by atoms with E-state index >= 15 is 0 Å². The molecule has 0 bridgehead atoms. The normalized spacial score (nSPS) is 12.4. The predicted molar refractivity (Wildman–Crippen MR) is 81.1 cm³/mol. The number of rotatable bonds is 5. The maximum absolute atomic E-state index is 9.63. The van der Waals surface area contributed by atoms with Crippen molar-refractivity contribution in [2.75, 3.05) is 6.54 Å². The third-order valence-electron chi connectivity index (χ3n) is 3.27. The minimum absolute atomic E-state index is 0.219. The van der Waals surface area contributed by atoms with Gasteiger partial charge in [0.2, 0.25) is 0 Å². The molecule has 0 fully saturated rings. The third-order valence-corrected chi connectivity index (χ3v) is 3.27. The Morgan fingerprint density at radius 2 is 1.35 bits per heavy atom. The lowest BCUT2D eigenvalue weighted by Crippen LogP contribution is -2.11. The Bertz CT molecular complexity index is 532. The van der Waals surface area contributed by atoms with Gasteiger partial charge in [0.1, 0.15) is 11.5 Å². The van der Waals surface area contributed by atoms with Crippen LogP contribution < -0.4 is 10.5 Å². The molecule has 0 saturated heterocycles. The van der Waals surface area contributed by atoms with Crippen LogP contribution in [0.2, 0.25) is 0 Å². The number of hydrogen-bond acceptors (Lipinski definition) is 3. The van der Waals surface area contributed by atoms with Crippen molar-refractivity contribution in [1.29, 1.82) is 0 Å². The lowest BCUT2D eigenvalue weighted by molar-refractivity contribution is 0.186. The summed E-state index contributed by atoms with van der Waals surface area (Å²) in [6.45, 7) is 4.55. The van der Waals surface area contributed by atoms with Crippen molar-refractivity contribution in [3.63, 3.8) is 0 Å². The predicted octanol–water partition coefficient (Wildman–Crippen LogP) is 3.59. The summed E-state index contributed by atoms with van der Waals surface area (Å²) < 4.78 is 5.77. The molecule has 0 heterocycles. The molecule has 3 nitrogen and oxygen atoms in total. The lowest BCUT2D eigenvalue weighted by atomic mass is 10.0. The molecule has 0 spiro atoms. The first-order chi connectivity index (χ1) is 9.60. The van der Waals surface area contributed by atoms with E-state index < -0.39 is 6.10 Å². The summed E-state index contributed by atoms with van der Waals surface area (Å²) in [7, 11) is 0. The maximum atomic E-state index is 9.63. The van der Waals surface area contributed by atoms with Gasteiger partial charge in [0, 0.05) is 6.54 Å². The number of nitrogens with two attached hydrogens (primary N) is 1. The first kappa shape index (κ1) is 14.6. The van der Waals surface area contributed by atoms with E-state index in [-0.39, 0.29) is 6.54 Å². The van der Waals surface area contributed by atoms with Crippen LogP contribution in [0.15, 0.2) is 48.5 Å². The van der Waals surface area contributed by atoms with Gasteiger partial charge in [0.15, 0.2) is 0 Å². The van der Waals surface area contributed by atoms with Crippen LogP contribution in [0, 0.1) is 0 Å². The van der Waals surface area contributed by atoms with Crippen LogP contribution in [0.5, 0.6) is 11.5 Å². The molecule has 3 heteroatoms. The topological polar surface area (TPSA) is 55.5 Å². The molecule has 0 aromatic heterocycles. The Morgan fingerprint density at radius 1 is 0.900 bits per heavy atom. The SMILES string of the molecule is CC(C)c1ccc(Oc2ccc(C(O)CN)cc2)cc1. The minimum Gasteiger partial charge on any atom is -0.457 e. The van der Waals surface area contributed by atoms with Gasteiger partial charge in [0.25, 0.3) is 0 Å². The molecule has 2 aromatic rings. The number of hydrogen-bond donors (Lipinski definition) is 2. The lowest BCUT2D eigenvalue weighted by Gasteiger charge is -2.11. The van der Waals surface area contributed by atoms with Crippen molar-refractivity contribution in [2.45, 2.75) is 25.9 Å². The van der Waals surface area contributed by atoms with Crippen LogP contribution in [-0.2, 0) is 0 Å². The average Bonchev–Trinajstić information content (AvgIpc) is 2.48. The van der Waals surface area contributed by atoms with E-state index in [0.29, 0.717) is 5.92 Å². The summed E-state index contributed by atoms with van der Waals surface area (Å²) >= 11 is 0. The quantitative estimate of drug-likeness (QED) is 0.873. The summed E-state index contributed by atoms with van der Waals surface area (Å²) in [5.74, 6) is 2.07. The third kappa shape index (κ3) is 3.59. The van der Waals surface area contributed by atoms with Crippen LogP contribution in [0.25, 0.3) is 0 Å². The van der Waals surface area contributed by atoms with Gasteiger partial charge in [-0.1, -0.05) is 38.1 Å². The Morgan fingerprint density at radius 3 is 1.75 bits per heavy atom. The molecule has 0 radical (unpaired) electrons. The highest BCUT2D eigenvalue weighted by Crippen LogP contribution is 2.25. The molecule has 0 aliphatic rings. The fraction of sp³-hybridized carbons (Fsp3) is 0.294. The fourth-order valence-corrected chi connectivity index (χ4v) is 1.95. The van der Waals surface area contributed by atoms with Crippen molar-refractivity contribution < 1.29 is 9.84 Å². The van der Waals surface area contributed by atoms with E-state index in [0.717, 1.165) is 17.1 Å². The van der Waals surface area contributed by atoms with Gasteiger partial charge in [-0.25, -0.2) is 0 Å². The Labute approximate surface area is 120 Å². The monoisotopic (exact) mass is 271 g/mol. The first-order valence-electron chi connectivity index (χ1n) is 6.86. The van der Waals surface area contributed by atoms with Crippen LogP contribution in [-0.4, -0.2) is 11.7 Å². The van der Waals surface area contributed by atoms with Crippen LogP contribution in [0.4, 0.5) is 0 Å². The molecule has 2 rings (SSSR count). The van der Waals surface area contributed by atoms with Gasteiger partial charge < -0.3 is 15.6 Å². The van der Waals surface area contributed by atoms with Gasteiger partial charge in [0.05, 0.1) is 6.10 Å². The Hall–Kier alpha value is -1.84. The van der Waals surface area contributed by atoms with E-state index in [1.807, 2.05) is 36.4 Å². The number of benzene rings is 2. The van der Waals surface area contributed by atoms with Gasteiger partial charge in [-0.3, -0.25) is 0 Å². The molecule has 0 aliphatic heterocycles. The minimum atomic E-state index is -0.616. The van der Waals surface area contributed by atoms with E-state index in [2.05, 4.69) is 26.0 Å². The molecule has 0 amide bonds. The molecule has 1 unspecified atom stereocenters. The number of ether oxygens (including phenoxy) is 1. The van der Waals surface area contributed by atoms with Crippen molar-refractivity contribution in [3.05, 3.63) is 59.7 Å². The molecule has 106 valence electrons. The van der Waals surface area contributed by atoms with Gasteiger partial charge in [-0.2, -0.15) is 0 Å². The zero-order valence-electron chi connectivity index (χ0n) is 11.9. The summed E-state index contributed by atoms with van der Waals surface area (Å²) in [6, 6.07) is 15.4. The summed E-state index contributed by atoms with van der Waals surface area (Å²) in [4.78, 5) is 0. The zero-order valence-corrected chi connectivity index (χ0v) is 11.9. The summed E-state index contributed by atoms with van der Waals surface area (Å²) in [5.41, 5.74) is 7.51. The van der Waals surface area contributed by atoms with Crippen molar-refractivity contribution in [1.82, 2.24) is 0 Å². The zero-order chi connectivity index (χ0) is 14.5. The highest BCUT2D eigenvalue weighted by atomic mass is 16.5. The maximum Gasteiger partial charge on any atom is 0.127 e. The largest absolute Gasteiger partial charge is 0.457 e. The second-order valence-electron chi connectivity index (χ2n) is 5.15. The van der Waals surface area contributed by atoms with Crippen molar-refractivity contribution in [2.24, 2.45) is 5.73 Å². The van der Waals surface area contributed by atoms with Gasteiger partial charge in [-0.05, 0) is 41.3 Å². The summed E-state index contributed by atoms with van der Waals surface area (Å²) in [5, 5.41) is 9.63. The van der Waals surface area contributed by atoms with E-state index in [1.165, 1.54) is 5.56 Å². The van der Waals surface area contributed by atoms with E-state index in [1.54, 1.807) is 0 Å². The Balaban J connectivity index is 2.06. The fourth-order valence-electron chi connectivity index (χ4n) is 1.95.